The third-order valence-electron chi connectivity index (χ3n) is 1.27. The van der Waals surface area contributed by atoms with Crippen LogP contribution in [0.15, 0.2) is 6.07 Å². The van der Waals surface area contributed by atoms with Crippen LogP contribution in [0.25, 0.3) is 0 Å². The van der Waals surface area contributed by atoms with Gasteiger partial charge in [0.1, 0.15) is 11.6 Å². The van der Waals surface area contributed by atoms with E-state index < -0.39 is 0 Å². The average molecular weight is 149 g/mol. The Morgan fingerprint density at radius 3 is 2.82 bits per heavy atom. The lowest BCUT2D eigenvalue weighted by Crippen LogP contribution is -1.94. The smallest absolute Gasteiger partial charge is 0.231 e. The molecule has 0 unspecified atom stereocenters. The zero-order valence-electron chi connectivity index (χ0n) is 6.00. The Bertz CT molecular complexity index is 304. The first kappa shape index (κ1) is 7.35. The Morgan fingerprint density at radius 1 is 1.73 bits per heavy atom. The molecule has 0 amide bonds. The van der Waals surface area contributed by atoms with Crippen molar-refractivity contribution in [2.24, 2.45) is 0 Å². The molecule has 4 heteroatoms. The maximum Gasteiger partial charge on any atom is 0.231 e. The second-order valence-corrected chi connectivity index (χ2v) is 2.16. The van der Waals surface area contributed by atoms with Crippen LogP contribution in [-0.4, -0.2) is 10.1 Å². The van der Waals surface area contributed by atoms with Gasteiger partial charge in [0.2, 0.25) is 5.88 Å². The van der Waals surface area contributed by atoms with Gasteiger partial charge in [-0.3, -0.25) is 0 Å². The lowest BCUT2D eigenvalue weighted by molar-refractivity contribution is 0.450. The maximum absolute atomic E-state index is 9.06. The van der Waals surface area contributed by atoms with Crippen molar-refractivity contribution < 1.29 is 5.11 Å². The number of pyridine rings is 1. The predicted molar refractivity (Wildman–Crippen MR) is 39.8 cm³/mol. The molecule has 56 valence electrons. The molecule has 0 aliphatic carbocycles. The number of nitrogens with two attached hydrogens (primary N) is 1. The molecule has 4 nitrogen and oxygen atoms in total. The van der Waals surface area contributed by atoms with Crippen molar-refractivity contribution in [3.63, 3.8) is 0 Å². The van der Waals surface area contributed by atoms with Gasteiger partial charge in [-0.2, -0.15) is 5.26 Å². The number of aryl methyl sites for hydroxylation is 1. The highest BCUT2D eigenvalue weighted by Crippen LogP contribution is 2.20. The quantitative estimate of drug-likeness (QED) is 0.564. The lowest BCUT2D eigenvalue weighted by Gasteiger charge is -1.99. The summed E-state index contributed by atoms with van der Waals surface area (Å²) in [7, 11) is 0. The van der Waals surface area contributed by atoms with E-state index in [0.29, 0.717) is 5.69 Å². The summed E-state index contributed by atoms with van der Waals surface area (Å²) >= 11 is 0. The molecule has 0 spiro atoms. The van der Waals surface area contributed by atoms with Crippen molar-refractivity contribution in [2.75, 3.05) is 5.73 Å². The van der Waals surface area contributed by atoms with E-state index in [2.05, 4.69) is 4.98 Å². The molecule has 1 aromatic rings. The molecule has 0 aromatic carbocycles. The summed E-state index contributed by atoms with van der Waals surface area (Å²) < 4.78 is 0. The lowest BCUT2D eigenvalue weighted by atomic mass is 10.2. The van der Waals surface area contributed by atoms with Crippen molar-refractivity contribution in [1.82, 2.24) is 4.98 Å². The van der Waals surface area contributed by atoms with Gasteiger partial charge in [0, 0.05) is 5.69 Å². The van der Waals surface area contributed by atoms with Crippen LogP contribution >= 0.6 is 0 Å². The van der Waals surface area contributed by atoms with Crippen LogP contribution in [0.1, 0.15) is 11.3 Å². The Labute approximate surface area is 63.9 Å². The molecule has 0 fully saturated rings. The fourth-order valence-corrected chi connectivity index (χ4v) is 0.796. The highest BCUT2D eigenvalue weighted by molar-refractivity contribution is 5.58. The summed E-state index contributed by atoms with van der Waals surface area (Å²) in [4.78, 5) is 3.66. The Morgan fingerprint density at radius 2 is 2.36 bits per heavy atom. The third kappa shape index (κ3) is 1.22. The standard InChI is InChI=1S/C7H7N3O/c1-4-2-6(9)5(3-8)7(11)10-4/h2H,1H3,(H3,9,10,11). The summed E-state index contributed by atoms with van der Waals surface area (Å²) in [5, 5.41) is 17.5. The number of rotatable bonds is 0. The zero-order chi connectivity index (χ0) is 8.43. The van der Waals surface area contributed by atoms with Gasteiger partial charge >= 0.3 is 0 Å². The monoisotopic (exact) mass is 149 g/mol. The minimum absolute atomic E-state index is 0.0376. The number of aromatic nitrogens is 1. The third-order valence-corrected chi connectivity index (χ3v) is 1.27. The molecule has 0 saturated heterocycles. The Kier molecular flexibility index (Phi) is 1.65. The van der Waals surface area contributed by atoms with Gasteiger partial charge in [-0.15, -0.1) is 0 Å². The molecule has 11 heavy (non-hydrogen) atoms. The molecule has 1 aromatic heterocycles. The van der Waals surface area contributed by atoms with Crippen molar-refractivity contribution in [3.05, 3.63) is 17.3 Å². The van der Waals surface area contributed by atoms with Crippen molar-refractivity contribution in [1.29, 1.82) is 5.26 Å². The van der Waals surface area contributed by atoms with Gasteiger partial charge < -0.3 is 10.8 Å². The minimum atomic E-state index is -0.301. The van der Waals surface area contributed by atoms with Gasteiger partial charge in [-0.25, -0.2) is 4.98 Å². The fraction of sp³-hybridized carbons (Fsp3) is 0.143. The number of aromatic hydroxyl groups is 1. The first-order chi connectivity index (χ1) is 5.15. The highest BCUT2D eigenvalue weighted by atomic mass is 16.3. The van der Waals surface area contributed by atoms with Crippen molar-refractivity contribution in [3.8, 4) is 11.9 Å². The molecule has 0 atom stereocenters. The number of anilines is 1. The number of hydrogen-bond donors (Lipinski definition) is 2. The molecule has 1 heterocycles. The summed E-state index contributed by atoms with van der Waals surface area (Å²) in [5.41, 5.74) is 6.31. The second kappa shape index (κ2) is 2.46. The van der Waals surface area contributed by atoms with E-state index in [-0.39, 0.29) is 17.1 Å². The second-order valence-electron chi connectivity index (χ2n) is 2.16. The molecule has 0 bridgehead atoms. The van der Waals surface area contributed by atoms with Crippen LogP contribution in [0.3, 0.4) is 0 Å². The van der Waals surface area contributed by atoms with Crippen LogP contribution < -0.4 is 5.73 Å². The van der Waals surface area contributed by atoms with E-state index in [0.717, 1.165) is 0 Å². The van der Waals surface area contributed by atoms with Crippen molar-refractivity contribution in [2.45, 2.75) is 6.92 Å². The average Bonchev–Trinajstić information content (AvgIpc) is 1.85. The highest BCUT2D eigenvalue weighted by Gasteiger charge is 2.06. The molecular weight excluding hydrogens is 142 g/mol. The summed E-state index contributed by atoms with van der Waals surface area (Å²) in [6, 6.07) is 3.29. The number of nitrogen functional groups attached to an aromatic ring is 1. The molecule has 0 radical (unpaired) electrons. The van der Waals surface area contributed by atoms with Gasteiger partial charge in [0.15, 0.2) is 0 Å². The van der Waals surface area contributed by atoms with E-state index in [1.165, 1.54) is 6.07 Å². The fourth-order valence-electron chi connectivity index (χ4n) is 0.796. The molecular formula is C7H7N3O. The van der Waals surface area contributed by atoms with Crippen LogP contribution in [0.5, 0.6) is 5.88 Å². The number of nitriles is 1. The van der Waals surface area contributed by atoms with E-state index >= 15 is 0 Å². The number of nitrogens with zero attached hydrogens (tertiary/aromatic N) is 2. The van der Waals surface area contributed by atoms with Crippen molar-refractivity contribution >= 4 is 5.69 Å². The van der Waals surface area contributed by atoms with E-state index in [9.17, 15) is 0 Å². The maximum atomic E-state index is 9.06. The molecule has 0 saturated carbocycles. The molecule has 3 N–H and O–H groups in total. The SMILES string of the molecule is Cc1cc(N)c(C#N)c(O)n1. The minimum Gasteiger partial charge on any atom is -0.492 e. The molecule has 0 aliphatic rings. The van der Waals surface area contributed by atoms with Gasteiger partial charge in [-0.1, -0.05) is 0 Å². The topological polar surface area (TPSA) is 82.9 Å². The van der Waals surface area contributed by atoms with Gasteiger partial charge in [-0.05, 0) is 13.0 Å². The predicted octanol–water partition coefficient (Wildman–Crippen LogP) is 0.549. The van der Waals surface area contributed by atoms with E-state index in [1.807, 2.05) is 0 Å². The summed E-state index contributed by atoms with van der Waals surface area (Å²) in [5.74, 6) is -0.301. The molecule has 0 aliphatic heterocycles. The Balaban J connectivity index is 3.40. The number of hydrogen-bond acceptors (Lipinski definition) is 4. The van der Waals surface area contributed by atoms with Crippen LogP contribution in [0.2, 0.25) is 0 Å². The van der Waals surface area contributed by atoms with E-state index in [4.69, 9.17) is 16.1 Å². The Hall–Kier alpha value is -1.76. The van der Waals surface area contributed by atoms with Crippen LogP contribution in [0.4, 0.5) is 5.69 Å². The van der Waals surface area contributed by atoms with E-state index in [1.54, 1.807) is 13.0 Å². The largest absolute Gasteiger partial charge is 0.492 e. The first-order valence-corrected chi connectivity index (χ1v) is 3.01. The van der Waals surface area contributed by atoms with Crippen LogP contribution in [-0.2, 0) is 0 Å². The normalized spacial score (nSPS) is 9.09. The first-order valence-electron chi connectivity index (χ1n) is 3.01. The summed E-state index contributed by atoms with van der Waals surface area (Å²) in [6.45, 7) is 1.69. The molecule has 1 rings (SSSR count). The zero-order valence-corrected chi connectivity index (χ0v) is 6.00. The van der Waals surface area contributed by atoms with Crippen LogP contribution in [0, 0.1) is 18.3 Å². The summed E-state index contributed by atoms with van der Waals surface area (Å²) in [6.07, 6.45) is 0. The van der Waals surface area contributed by atoms with Gasteiger partial charge in [0.05, 0.1) is 5.69 Å². The van der Waals surface area contributed by atoms with Gasteiger partial charge in [0.25, 0.3) is 0 Å².